The van der Waals surface area contributed by atoms with Crippen LogP contribution >= 0.6 is 0 Å². The molecule has 3 heteroatoms. The lowest BCUT2D eigenvalue weighted by molar-refractivity contribution is 0.124. The van der Waals surface area contributed by atoms with E-state index < -0.39 is 0 Å². The van der Waals surface area contributed by atoms with Crippen LogP contribution in [0.25, 0.3) is 0 Å². The van der Waals surface area contributed by atoms with Gasteiger partial charge in [-0.15, -0.1) is 0 Å². The van der Waals surface area contributed by atoms with Gasteiger partial charge in [-0.05, 0) is 27.1 Å². The molecule has 1 fully saturated rings. The summed E-state index contributed by atoms with van der Waals surface area (Å²) in [6.07, 6.45) is 5.56. The molecule has 0 aromatic carbocycles. The lowest BCUT2D eigenvalue weighted by Crippen LogP contribution is -2.48. The zero-order chi connectivity index (χ0) is 12.5. The van der Waals surface area contributed by atoms with Crippen molar-refractivity contribution in [3.8, 4) is 0 Å². The zero-order valence-electron chi connectivity index (χ0n) is 12.1. The molecule has 0 aliphatic carbocycles. The number of hydrogen-bond acceptors (Lipinski definition) is 3. The Balaban J connectivity index is 2.01. The summed E-state index contributed by atoms with van der Waals surface area (Å²) in [5.74, 6) is 0. The van der Waals surface area contributed by atoms with Crippen molar-refractivity contribution in [1.82, 2.24) is 14.7 Å². The van der Waals surface area contributed by atoms with Gasteiger partial charge in [-0.3, -0.25) is 4.90 Å². The molecule has 0 radical (unpaired) electrons. The van der Waals surface area contributed by atoms with Crippen molar-refractivity contribution < 1.29 is 0 Å². The summed E-state index contributed by atoms with van der Waals surface area (Å²) in [5.41, 5.74) is 0. The van der Waals surface area contributed by atoms with Gasteiger partial charge in [0, 0.05) is 39.3 Å². The molecule has 0 atom stereocenters. The van der Waals surface area contributed by atoms with E-state index in [1.54, 1.807) is 0 Å². The number of hydrogen-bond donors (Lipinski definition) is 0. The number of likely N-dealkylation sites (N-methyl/N-ethyl adjacent to an activating group) is 1. The summed E-state index contributed by atoms with van der Waals surface area (Å²) in [4.78, 5) is 7.52. The molecule has 0 unspecified atom stereocenters. The molecule has 0 aromatic rings. The number of rotatable bonds is 8. The average molecular weight is 241 g/mol. The Bertz CT molecular complexity index is 174. The first-order valence-electron chi connectivity index (χ1n) is 7.32. The van der Waals surface area contributed by atoms with Crippen LogP contribution in [0.5, 0.6) is 0 Å². The molecular formula is C14H31N3. The third-order valence-corrected chi connectivity index (χ3v) is 3.66. The Kier molecular flexibility index (Phi) is 7.82. The standard InChI is InChI=1S/C14H31N3/c1-4-5-6-7-8-16-11-13-17(14-12-16)10-9-15(2)3/h4-14H2,1-3H3. The van der Waals surface area contributed by atoms with Gasteiger partial charge in [-0.1, -0.05) is 26.2 Å². The molecule has 1 rings (SSSR count). The normalized spacial score (nSPS) is 19.1. The number of nitrogens with zero attached hydrogens (tertiary/aromatic N) is 3. The van der Waals surface area contributed by atoms with Crippen molar-refractivity contribution in [1.29, 1.82) is 0 Å². The second-order valence-electron chi connectivity index (χ2n) is 5.55. The predicted molar refractivity (Wildman–Crippen MR) is 75.6 cm³/mol. The van der Waals surface area contributed by atoms with Gasteiger partial charge in [0.15, 0.2) is 0 Å². The van der Waals surface area contributed by atoms with E-state index in [0.717, 1.165) is 0 Å². The first-order chi connectivity index (χ1) is 8.22. The first kappa shape index (κ1) is 14.9. The molecule has 0 N–H and O–H groups in total. The van der Waals surface area contributed by atoms with Crippen molar-refractivity contribution in [2.75, 3.05) is 59.9 Å². The van der Waals surface area contributed by atoms with E-state index >= 15 is 0 Å². The fourth-order valence-electron chi connectivity index (χ4n) is 2.34. The third kappa shape index (κ3) is 7.02. The van der Waals surface area contributed by atoms with Crippen LogP contribution < -0.4 is 0 Å². The van der Waals surface area contributed by atoms with Crippen LogP contribution in [0.3, 0.4) is 0 Å². The molecule has 1 saturated heterocycles. The van der Waals surface area contributed by atoms with Crippen molar-refractivity contribution in [3.63, 3.8) is 0 Å². The molecule has 0 spiro atoms. The highest BCUT2D eigenvalue weighted by Crippen LogP contribution is 2.05. The Morgan fingerprint density at radius 2 is 1.41 bits per heavy atom. The van der Waals surface area contributed by atoms with Crippen LogP contribution in [0, 0.1) is 0 Å². The van der Waals surface area contributed by atoms with Gasteiger partial charge >= 0.3 is 0 Å². The minimum absolute atomic E-state index is 1.19. The summed E-state index contributed by atoms with van der Waals surface area (Å²) in [5, 5.41) is 0. The Hall–Kier alpha value is -0.120. The molecule has 0 aromatic heterocycles. The fourth-order valence-corrected chi connectivity index (χ4v) is 2.34. The lowest BCUT2D eigenvalue weighted by atomic mass is 10.2. The summed E-state index contributed by atoms with van der Waals surface area (Å²) in [6, 6.07) is 0. The maximum atomic E-state index is 2.64. The molecule has 3 nitrogen and oxygen atoms in total. The fraction of sp³-hybridized carbons (Fsp3) is 1.00. The largest absolute Gasteiger partial charge is 0.308 e. The summed E-state index contributed by atoms with van der Waals surface area (Å²) in [6.45, 7) is 11.1. The smallest absolute Gasteiger partial charge is 0.0110 e. The first-order valence-corrected chi connectivity index (χ1v) is 7.32. The molecule has 1 heterocycles. The molecule has 0 bridgehead atoms. The van der Waals surface area contributed by atoms with Gasteiger partial charge < -0.3 is 9.80 Å². The molecule has 0 saturated carbocycles. The van der Waals surface area contributed by atoms with Gasteiger partial charge in [0.2, 0.25) is 0 Å². The predicted octanol–water partition coefficient (Wildman–Crippen LogP) is 1.75. The van der Waals surface area contributed by atoms with Crippen LogP contribution in [-0.2, 0) is 0 Å². The minimum Gasteiger partial charge on any atom is -0.308 e. The maximum Gasteiger partial charge on any atom is 0.0110 e. The minimum atomic E-state index is 1.19. The molecular weight excluding hydrogens is 210 g/mol. The molecule has 0 amide bonds. The topological polar surface area (TPSA) is 9.72 Å². The van der Waals surface area contributed by atoms with Gasteiger partial charge in [0.1, 0.15) is 0 Å². The Morgan fingerprint density at radius 3 is 1.94 bits per heavy atom. The highest BCUT2D eigenvalue weighted by Gasteiger charge is 2.15. The molecule has 1 aliphatic rings. The molecule has 1 aliphatic heterocycles. The highest BCUT2D eigenvalue weighted by molar-refractivity contribution is 4.72. The number of piperazine rings is 1. The van der Waals surface area contributed by atoms with Crippen LogP contribution in [0.2, 0.25) is 0 Å². The van der Waals surface area contributed by atoms with Gasteiger partial charge in [0.25, 0.3) is 0 Å². The third-order valence-electron chi connectivity index (χ3n) is 3.66. The van der Waals surface area contributed by atoms with Crippen molar-refractivity contribution in [2.24, 2.45) is 0 Å². The molecule has 17 heavy (non-hydrogen) atoms. The van der Waals surface area contributed by atoms with Crippen LogP contribution in [0.15, 0.2) is 0 Å². The quantitative estimate of drug-likeness (QED) is 0.599. The summed E-state index contributed by atoms with van der Waals surface area (Å²) >= 11 is 0. The van der Waals surface area contributed by atoms with Crippen molar-refractivity contribution >= 4 is 0 Å². The van der Waals surface area contributed by atoms with E-state index in [2.05, 4.69) is 35.7 Å². The van der Waals surface area contributed by atoms with Gasteiger partial charge in [-0.2, -0.15) is 0 Å². The second kappa shape index (κ2) is 8.90. The van der Waals surface area contributed by atoms with Crippen LogP contribution in [0.1, 0.15) is 32.6 Å². The zero-order valence-corrected chi connectivity index (χ0v) is 12.1. The van der Waals surface area contributed by atoms with E-state index in [9.17, 15) is 0 Å². The SMILES string of the molecule is CCCCCCN1CCN(CCN(C)C)CC1. The van der Waals surface area contributed by atoms with E-state index in [1.165, 1.54) is 71.5 Å². The number of unbranched alkanes of at least 4 members (excludes halogenated alkanes) is 3. The van der Waals surface area contributed by atoms with E-state index in [-0.39, 0.29) is 0 Å². The summed E-state index contributed by atoms with van der Waals surface area (Å²) in [7, 11) is 4.31. The lowest BCUT2D eigenvalue weighted by Gasteiger charge is -2.35. The average Bonchev–Trinajstić information content (AvgIpc) is 2.33. The van der Waals surface area contributed by atoms with Crippen LogP contribution in [0.4, 0.5) is 0 Å². The second-order valence-corrected chi connectivity index (χ2v) is 5.55. The Labute approximate surface area is 108 Å². The summed E-state index contributed by atoms with van der Waals surface area (Å²) < 4.78 is 0. The maximum absolute atomic E-state index is 2.64. The van der Waals surface area contributed by atoms with Gasteiger partial charge in [-0.25, -0.2) is 0 Å². The van der Waals surface area contributed by atoms with E-state index in [4.69, 9.17) is 0 Å². The monoisotopic (exact) mass is 241 g/mol. The Morgan fingerprint density at radius 1 is 0.824 bits per heavy atom. The van der Waals surface area contributed by atoms with Crippen molar-refractivity contribution in [3.05, 3.63) is 0 Å². The molecule has 102 valence electrons. The van der Waals surface area contributed by atoms with Crippen LogP contribution in [-0.4, -0.2) is 74.6 Å². The van der Waals surface area contributed by atoms with E-state index in [1.807, 2.05) is 0 Å². The highest BCUT2D eigenvalue weighted by atomic mass is 15.3. The van der Waals surface area contributed by atoms with E-state index in [0.29, 0.717) is 0 Å². The van der Waals surface area contributed by atoms with Gasteiger partial charge in [0.05, 0.1) is 0 Å². The van der Waals surface area contributed by atoms with Crippen molar-refractivity contribution in [2.45, 2.75) is 32.6 Å².